The van der Waals surface area contributed by atoms with Gasteiger partial charge in [-0.2, -0.15) is 18.4 Å². The van der Waals surface area contributed by atoms with Crippen LogP contribution in [0.25, 0.3) is 0 Å². The van der Waals surface area contributed by atoms with Gasteiger partial charge in [-0.1, -0.05) is 0 Å². The lowest BCUT2D eigenvalue weighted by atomic mass is 10.0. The van der Waals surface area contributed by atoms with Crippen molar-refractivity contribution in [2.75, 3.05) is 49.1 Å². The molecule has 0 atom stereocenters. The maximum Gasteiger partial charge on any atom is 0.417 e. The molecule has 2 aliphatic heterocycles. The van der Waals surface area contributed by atoms with Crippen molar-refractivity contribution in [1.82, 2.24) is 9.80 Å². The van der Waals surface area contributed by atoms with Crippen molar-refractivity contribution in [2.45, 2.75) is 70.7 Å². The Labute approximate surface area is 272 Å². The Morgan fingerprint density at radius 2 is 1.70 bits per heavy atom. The van der Waals surface area contributed by atoms with Crippen molar-refractivity contribution < 1.29 is 32.2 Å². The van der Waals surface area contributed by atoms with Crippen LogP contribution in [-0.2, 0) is 15.7 Å². The number of carbonyl (C=O) groups excluding carboxylic acids is 2. The lowest BCUT2D eigenvalue weighted by Crippen LogP contribution is -2.50. The van der Waals surface area contributed by atoms with Gasteiger partial charge >= 0.3 is 12.3 Å². The molecule has 0 unspecified atom stereocenters. The van der Waals surface area contributed by atoms with Crippen molar-refractivity contribution in [3.63, 3.8) is 0 Å². The first-order valence-corrected chi connectivity index (χ1v) is 15.7. The summed E-state index contributed by atoms with van der Waals surface area (Å²) in [5, 5.41) is 9.25. The molecule has 0 aromatic heterocycles. The molecule has 2 amide bonds. The van der Waals surface area contributed by atoms with Gasteiger partial charge in [0.1, 0.15) is 23.5 Å². The number of nitriles is 1. The van der Waals surface area contributed by atoms with Gasteiger partial charge < -0.3 is 19.3 Å². The van der Waals surface area contributed by atoms with Crippen molar-refractivity contribution in [3.8, 4) is 11.8 Å². The van der Waals surface area contributed by atoms with Gasteiger partial charge in [-0.15, -0.1) is 0 Å². The SMILES string of the molecule is CC(C)(C)OC(=O)N1CCN(CCOc2ccc(N3C(=S)N(c4ccc(C#N)c(C(F)(F)F)c4)C(=O)C3(C)C)cc2C2CC2)CC1. The zero-order valence-corrected chi connectivity index (χ0v) is 27.4. The summed E-state index contributed by atoms with van der Waals surface area (Å²) in [6.45, 7) is 12.6. The summed E-state index contributed by atoms with van der Waals surface area (Å²) in [5.74, 6) is 0.563. The van der Waals surface area contributed by atoms with Gasteiger partial charge in [-0.05, 0) is 108 Å². The number of ether oxygens (including phenoxy) is 2. The summed E-state index contributed by atoms with van der Waals surface area (Å²) in [6.07, 6.45) is -3.08. The minimum atomic E-state index is -4.77. The molecule has 246 valence electrons. The fourth-order valence-corrected chi connectivity index (χ4v) is 6.27. The first-order chi connectivity index (χ1) is 21.5. The molecule has 2 heterocycles. The van der Waals surface area contributed by atoms with Gasteiger partial charge in [-0.25, -0.2) is 4.79 Å². The number of rotatable bonds is 7. The van der Waals surface area contributed by atoms with E-state index in [0.717, 1.165) is 41.2 Å². The molecule has 1 saturated carbocycles. The number of hydrogen-bond acceptors (Lipinski definition) is 7. The number of nitrogens with zero attached hydrogens (tertiary/aromatic N) is 5. The molecule has 2 aromatic carbocycles. The Hall–Kier alpha value is -3.89. The van der Waals surface area contributed by atoms with Crippen molar-refractivity contribution in [3.05, 3.63) is 53.1 Å². The lowest BCUT2D eigenvalue weighted by Gasteiger charge is -2.35. The number of carbonyl (C=O) groups is 2. The monoisotopic (exact) mass is 657 g/mol. The van der Waals surface area contributed by atoms with Crippen LogP contribution in [0.3, 0.4) is 0 Å². The maximum absolute atomic E-state index is 13.7. The molecule has 0 N–H and O–H groups in total. The number of halogens is 3. The molecule has 5 rings (SSSR count). The van der Waals surface area contributed by atoms with E-state index in [-0.39, 0.29) is 16.9 Å². The molecule has 13 heteroatoms. The van der Waals surface area contributed by atoms with Gasteiger partial charge in [-0.3, -0.25) is 14.6 Å². The Morgan fingerprint density at radius 1 is 1.04 bits per heavy atom. The lowest BCUT2D eigenvalue weighted by molar-refractivity contribution is -0.137. The normalized spacial score (nSPS) is 19.0. The summed E-state index contributed by atoms with van der Waals surface area (Å²) >= 11 is 5.72. The van der Waals surface area contributed by atoms with Gasteiger partial charge in [0, 0.05) is 38.4 Å². The predicted molar refractivity (Wildman–Crippen MR) is 171 cm³/mol. The molecule has 0 bridgehead atoms. The molecule has 9 nitrogen and oxygen atoms in total. The summed E-state index contributed by atoms with van der Waals surface area (Å²) in [4.78, 5) is 32.7. The number of benzene rings is 2. The Morgan fingerprint density at radius 3 is 2.28 bits per heavy atom. The molecular formula is C33H38F3N5O4S. The molecule has 3 fully saturated rings. The quantitative estimate of drug-likeness (QED) is 0.321. The minimum absolute atomic E-state index is 0.0498. The van der Waals surface area contributed by atoms with E-state index in [0.29, 0.717) is 50.9 Å². The van der Waals surface area contributed by atoms with Gasteiger partial charge in [0.2, 0.25) is 0 Å². The predicted octanol–water partition coefficient (Wildman–Crippen LogP) is 6.30. The highest BCUT2D eigenvalue weighted by Gasteiger charge is 2.51. The number of amides is 2. The third kappa shape index (κ3) is 6.93. The molecule has 3 aliphatic rings. The first kappa shape index (κ1) is 33.5. The van der Waals surface area contributed by atoms with E-state index in [9.17, 15) is 28.0 Å². The van der Waals surface area contributed by atoms with Crippen molar-refractivity contribution in [2.24, 2.45) is 0 Å². The van der Waals surface area contributed by atoms with Gasteiger partial charge in [0.05, 0.1) is 22.9 Å². The van der Waals surface area contributed by atoms with E-state index in [1.54, 1.807) is 29.7 Å². The van der Waals surface area contributed by atoms with E-state index >= 15 is 0 Å². The molecule has 2 aromatic rings. The van der Waals surface area contributed by atoms with Crippen LogP contribution in [0.4, 0.5) is 29.3 Å². The molecule has 2 saturated heterocycles. The fourth-order valence-electron chi connectivity index (χ4n) is 5.74. The molecular weight excluding hydrogens is 619 g/mol. The maximum atomic E-state index is 13.7. The average molecular weight is 658 g/mol. The highest BCUT2D eigenvalue weighted by molar-refractivity contribution is 7.81. The smallest absolute Gasteiger partial charge is 0.417 e. The van der Waals surface area contributed by atoms with Crippen LogP contribution in [0.1, 0.15) is 70.1 Å². The van der Waals surface area contributed by atoms with Crippen LogP contribution in [0, 0.1) is 11.3 Å². The minimum Gasteiger partial charge on any atom is -0.492 e. The van der Waals surface area contributed by atoms with E-state index in [4.69, 9.17) is 21.7 Å². The third-order valence-corrected chi connectivity index (χ3v) is 8.68. The second-order valence-corrected chi connectivity index (χ2v) is 13.7. The second kappa shape index (κ2) is 12.4. The van der Waals surface area contributed by atoms with Crippen molar-refractivity contribution in [1.29, 1.82) is 5.26 Å². The molecule has 0 radical (unpaired) electrons. The zero-order valence-electron chi connectivity index (χ0n) is 26.6. The molecule has 46 heavy (non-hydrogen) atoms. The fraction of sp³-hybridized carbons (Fsp3) is 0.515. The standard InChI is InChI=1S/C33H38F3N5O4S/c1-31(2,3)45-30(43)39-14-12-38(13-15-39)16-17-44-27-11-10-24(18-25(27)21-6-7-21)41-29(46)40(28(42)32(41,4)5)23-9-8-22(20-37)26(19-23)33(34,35)36/h8-11,18-19,21H,6-7,12-17H2,1-5H3. The van der Waals surface area contributed by atoms with Crippen LogP contribution < -0.4 is 14.5 Å². The van der Waals surface area contributed by atoms with Gasteiger partial charge in [0.15, 0.2) is 5.11 Å². The number of piperazine rings is 1. The first-order valence-electron chi connectivity index (χ1n) is 15.3. The van der Waals surface area contributed by atoms with E-state index < -0.39 is 34.4 Å². The van der Waals surface area contributed by atoms with Crippen LogP contribution in [0.15, 0.2) is 36.4 Å². The van der Waals surface area contributed by atoms with Crippen molar-refractivity contribution >= 4 is 40.7 Å². The average Bonchev–Trinajstić information content (AvgIpc) is 3.80. The topological polar surface area (TPSA) is 89.3 Å². The van der Waals surface area contributed by atoms with Crippen LogP contribution in [0.5, 0.6) is 5.75 Å². The number of anilines is 2. The molecule has 0 spiro atoms. The highest BCUT2D eigenvalue weighted by Crippen LogP contribution is 2.47. The van der Waals surface area contributed by atoms with Gasteiger partial charge in [0.25, 0.3) is 5.91 Å². The summed E-state index contributed by atoms with van der Waals surface area (Å²) in [6, 6.07) is 10.4. The highest BCUT2D eigenvalue weighted by atomic mass is 32.1. The summed E-state index contributed by atoms with van der Waals surface area (Å²) in [5.41, 5.74) is -1.79. The van der Waals surface area contributed by atoms with Crippen LogP contribution in [0.2, 0.25) is 0 Å². The van der Waals surface area contributed by atoms with Crippen LogP contribution >= 0.6 is 12.2 Å². The number of alkyl halides is 3. The van der Waals surface area contributed by atoms with E-state index in [2.05, 4.69) is 4.90 Å². The number of hydrogen-bond donors (Lipinski definition) is 0. The van der Waals surface area contributed by atoms with E-state index in [1.165, 1.54) is 6.07 Å². The largest absolute Gasteiger partial charge is 0.492 e. The molecule has 1 aliphatic carbocycles. The van der Waals surface area contributed by atoms with E-state index in [1.807, 2.05) is 39.0 Å². The Kier molecular flexibility index (Phi) is 9.00. The summed E-state index contributed by atoms with van der Waals surface area (Å²) < 4.78 is 52.9. The Bertz CT molecular complexity index is 1570. The summed E-state index contributed by atoms with van der Waals surface area (Å²) in [7, 11) is 0. The third-order valence-electron chi connectivity index (χ3n) is 8.31. The number of thiocarbonyl (C=S) groups is 1. The Balaban J connectivity index is 1.28. The second-order valence-electron chi connectivity index (χ2n) is 13.3. The zero-order chi connectivity index (χ0) is 33.6. The van der Waals surface area contributed by atoms with Crippen LogP contribution in [-0.4, -0.2) is 77.4 Å².